The van der Waals surface area contributed by atoms with E-state index in [0.29, 0.717) is 5.39 Å². The first-order valence-electron chi connectivity index (χ1n) is 5.26. The van der Waals surface area contributed by atoms with Crippen molar-refractivity contribution in [3.63, 3.8) is 0 Å². The molecule has 0 bridgehead atoms. The zero-order chi connectivity index (χ0) is 13.2. The maximum Gasteiger partial charge on any atom is 0.241 e. The molecule has 0 aliphatic carbocycles. The fourth-order valence-corrected chi connectivity index (χ4v) is 3.07. The van der Waals surface area contributed by atoms with Gasteiger partial charge in [0, 0.05) is 5.39 Å². The molecule has 0 atom stereocenters. The van der Waals surface area contributed by atoms with E-state index < -0.39 is 10.0 Å². The lowest BCUT2D eigenvalue weighted by molar-refractivity contribution is 0.587. The van der Waals surface area contributed by atoms with Crippen LogP contribution in [0.15, 0.2) is 47.4 Å². The highest BCUT2D eigenvalue weighted by Crippen LogP contribution is 2.22. The first-order chi connectivity index (χ1) is 8.50. The zero-order valence-electron chi connectivity index (χ0n) is 9.46. The molecule has 2 aromatic carbocycles. The fraction of sp³-hybridized carbons (Fsp3) is 0.0833. The van der Waals surface area contributed by atoms with Gasteiger partial charge in [-0.05, 0) is 11.5 Å². The molecule has 6 heteroatoms. The van der Waals surface area contributed by atoms with Gasteiger partial charge in [0.05, 0.1) is 16.4 Å². The van der Waals surface area contributed by atoms with Crippen LogP contribution in [-0.2, 0) is 10.0 Å². The summed E-state index contributed by atoms with van der Waals surface area (Å²) in [4.78, 5) is 0.343. The van der Waals surface area contributed by atoms with E-state index in [1.54, 1.807) is 24.3 Å². The van der Waals surface area contributed by atoms with Crippen LogP contribution in [0.3, 0.4) is 0 Å². The van der Waals surface area contributed by atoms with E-state index in [4.69, 9.17) is 5.73 Å². The molecule has 0 radical (unpaired) electrons. The Hall–Kier alpha value is -1.50. The highest BCUT2D eigenvalue weighted by atomic mass is 32.2. The molecule has 3 N–H and O–H groups in total. The van der Waals surface area contributed by atoms with E-state index in [2.05, 4.69) is 16.9 Å². The molecule has 4 nitrogen and oxygen atoms in total. The second kappa shape index (κ2) is 5.01. The van der Waals surface area contributed by atoms with Gasteiger partial charge in [0.2, 0.25) is 10.0 Å². The average molecular weight is 280 g/mol. The van der Waals surface area contributed by atoms with Crippen LogP contribution < -0.4 is 10.5 Å². The summed E-state index contributed by atoms with van der Waals surface area (Å²) in [6, 6.07) is 12.4. The van der Waals surface area contributed by atoms with Gasteiger partial charge in [0.25, 0.3) is 0 Å². The van der Waals surface area contributed by atoms with Gasteiger partial charge in [-0.1, -0.05) is 48.6 Å². The summed E-state index contributed by atoms with van der Waals surface area (Å²) in [5.41, 5.74) is 5.29. The Morgan fingerprint density at radius 1 is 1.17 bits per heavy atom. The maximum atomic E-state index is 12.1. The fourth-order valence-electron chi connectivity index (χ4n) is 1.67. The number of sulfonamides is 1. The number of rotatable bonds is 4. The number of nitrogens with one attached hydrogen (secondary N) is 1. The SMILES string of the molecule is NC(=S)CNS(=O)(=O)c1cccc2ccccc12. The Morgan fingerprint density at radius 2 is 1.83 bits per heavy atom. The van der Waals surface area contributed by atoms with E-state index in [9.17, 15) is 8.42 Å². The van der Waals surface area contributed by atoms with Crippen molar-refractivity contribution in [3.8, 4) is 0 Å². The standard InChI is InChI=1S/C12H12N2O2S2/c13-12(17)8-14-18(15,16)11-7-3-5-9-4-1-2-6-10(9)11/h1-7,14H,8H2,(H2,13,17). The lowest BCUT2D eigenvalue weighted by Crippen LogP contribution is -2.32. The summed E-state index contributed by atoms with van der Waals surface area (Å²) in [7, 11) is -3.60. The Morgan fingerprint density at radius 3 is 2.56 bits per heavy atom. The number of hydrogen-bond acceptors (Lipinski definition) is 3. The van der Waals surface area contributed by atoms with E-state index in [1.165, 1.54) is 0 Å². The minimum Gasteiger partial charge on any atom is -0.392 e. The van der Waals surface area contributed by atoms with E-state index in [1.807, 2.05) is 18.2 Å². The number of benzene rings is 2. The molecule has 0 saturated heterocycles. The molecule has 2 aromatic rings. The van der Waals surface area contributed by atoms with Crippen LogP contribution >= 0.6 is 12.2 Å². The molecule has 0 unspecified atom stereocenters. The molecule has 94 valence electrons. The van der Waals surface area contributed by atoms with E-state index in [-0.39, 0.29) is 16.4 Å². The molecule has 0 heterocycles. The van der Waals surface area contributed by atoms with Gasteiger partial charge >= 0.3 is 0 Å². The molecule has 0 aliphatic rings. The van der Waals surface area contributed by atoms with Crippen LogP contribution in [-0.4, -0.2) is 20.0 Å². The third-order valence-corrected chi connectivity index (χ3v) is 4.08. The Kier molecular flexibility index (Phi) is 3.60. The number of thiocarbonyl (C=S) groups is 1. The first kappa shape index (κ1) is 12.9. The minimum absolute atomic E-state index is 0.0408. The van der Waals surface area contributed by atoms with Crippen molar-refractivity contribution < 1.29 is 8.42 Å². The predicted molar refractivity (Wildman–Crippen MR) is 75.9 cm³/mol. The number of hydrogen-bond donors (Lipinski definition) is 2. The lowest BCUT2D eigenvalue weighted by atomic mass is 10.1. The molecule has 0 aromatic heterocycles. The molecule has 2 rings (SSSR count). The monoisotopic (exact) mass is 280 g/mol. The Balaban J connectivity index is 2.50. The van der Waals surface area contributed by atoms with Gasteiger partial charge in [0.1, 0.15) is 0 Å². The molecular formula is C12H12N2O2S2. The van der Waals surface area contributed by atoms with Gasteiger partial charge in [-0.15, -0.1) is 0 Å². The van der Waals surface area contributed by atoms with Crippen LogP contribution in [0, 0.1) is 0 Å². The summed E-state index contributed by atoms with van der Waals surface area (Å²) >= 11 is 4.66. The van der Waals surface area contributed by atoms with Crippen molar-refractivity contribution in [1.82, 2.24) is 4.72 Å². The van der Waals surface area contributed by atoms with E-state index >= 15 is 0 Å². The highest BCUT2D eigenvalue weighted by molar-refractivity contribution is 7.89. The average Bonchev–Trinajstić information content (AvgIpc) is 2.36. The van der Waals surface area contributed by atoms with E-state index in [0.717, 1.165) is 5.39 Å². The Labute approximate surface area is 111 Å². The highest BCUT2D eigenvalue weighted by Gasteiger charge is 2.16. The van der Waals surface area contributed by atoms with Gasteiger partial charge in [-0.25, -0.2) is 13.1 Å². The van der Waals surface area contributed by atoms with Crippen molar-refractivity contribution in [2.45, 2.75) is 4.90 Å². The zero-order valence-corrected chi connectivity index (χ0v) is 11.1. The van der Waals surface area contributed by atoms with Gasteiger partial charge in [-0.3, -0.25) is 0 Å². The molecule has 0 aliphatic heterocycles. The van der Waals surface area contributed by atoms with Crippen molar-refractivity contribution in [2.24, 2.45) is 5.73 Å². The summed E-state index contributed by atoms with van der Waals surface area (Å²) in [6.45, 7) is -0.0408. The van der Waals surface area contributed by atoms with Crippen LogP contribution in [0.1, 0.15) is 0 Å². The quantitative estimate of drug-likeness (QED) is 0.831. The van der Waals surface area contributed by atoms with Gasteiger partial charge < -0.3 is 5.73 Å². The Bertz CT molecular complexity index is 691. The van der Waals surface area contributed by atoms with Gasteiger partial charge in [-0.2, -0.15) is 0 Å². The smallest absolute Gasteiger partial charge is 0.241 e. The largest absolute Gasteiger partial charge is 0.392 e. The summed E-state index contributed by atoms with van der Waals surface area (Å²) in [5.74, 6) is 0. The summed E-state index contributed by atoms with van der Waals surface area (Å²) in [5, 5.41) is 1.55. The first-order valence-corrected chi connectivity index (χ1v) is 7.15. The van der Waals surface area contributed by atoms with Crippen molar-refractivity contribution in [1.29, 1.82) is 0 Å². The molecular weight excluding hydrogens is 268 g/mol. The van der Waals surface area contributed by atoms with Gasteiger partial charge in [0.15, 0.2) is 0 Å². The van der Waals surface area contributed by atoms with Crippen molar-refractivity contribution >= 4 is 38.0 Å². The molecule has 0 fully saturated rings. The number of nitrogens with two attached hydrogens (primary N) is 1. The molecule has 0 saturated carbocycles. The van der Waals surface area contributed by atoms with Crippen LogP contribution in [0.5, 0.6) is 0 Å². The maximum absolute atomic E-state index is 12.1. The minimum atomic E-state index is -3.60. The molecule has 0 spiro atoms. The third kappa shape index (κ3) is 2.66. The second-order valence-electron chi connectivity index (χ2n) is 3.77. The lowest BCUT2D eigenvalue weighted by Gasteiger charge is -2.08. The molecule has 18 heavy (non-hydrogen) atoms. The molecule has 0 amide bonds. The summed E-state index contributed by atoms with van der Waals surface area (Å²) < 4.78 is 26.6. The van der Waals surface area contributed by atoms with Crippen molar-refractivity contribution in [3.05, 3.63) is 42.5 Å². The second-order valence-corrected chi connectivity index (χ2v) is 6.03. The van der Waals surface area contributed by atoms with Crippen LogP contribution in [0.2, 0.25) is 0 Å². The predicted octanol–water partition coefficient (Wildman–Crippen LogP) is 1.40. The normalized spacial score (nSPS) is 11.6. The van der Waals surface area contributed by atoms with Crippen molar-refractivity contribution in [2.75, 3.05) is 6.54 Å². The topological polar surface area (TPSA) is 72.2 Å². The van der Waals surface area contributed by atoms with Crippen LogP contribution in [0.25, 0.3) is 10.8 Å². The summed E-state index contributed by atoms with van der Waals surface area (Å²) in [6.07, 6.45) is 0. The van der Waals surface area contributed by atoms with Crippen LogP contribution in [0.4, 0.5) is 0 Å². The number of fused-ring (bicyclic) bond motifs is 1. The third-order valence-electron chi connectivity index (χ3n) is 2.48.